The Labute approximate surface area is 272 Å². The Balaban J connectivity index is 1.87. The number of hydrogen-bond acceptors (Lipinski definition) is 3. The number of hydrogen-bond donors (Lipinski definition) is 1. The van der Waals surface area contributed by atoms with Gasteiger partial charge in [0.15, 0.2) is 0 Å². The normalized spacial score (nSPS) is 17.5. The molecule has 1 aliphatic heterocycles. The van der Waals surface area contributed by atoms with Gasteiger partial charge in [-0.05, 0) is 103 Å². The molecule has 1 aromatic heterocycles. The van der Waals surface area contributed by atoms with Crippen molar-refractivity contribution in [1.82, 2.24) is 4.57 Å². The molecule has 4 aromatic rings. The van der Waals surface area contributed by atoms with Crippen LogP contribution >= 0.6 is 0 Å². The minimum atomic E-state index is -0.688. The van der Waals surface area contributed by atoms with Crippen molar-refractivity contribution in [2.45, 2.75) is 138 Å². The maximum Gasteiger partial charge on any atom is 0.498 e. The molecule has 0 unspecified atom stereocenters. The Morgan fingerprint density at radius 1 is 0.644 bits per heavy atom. The van der Waals surface area contributed by atoms with Crippen LogP contribution in [-0.4, -0.2) is 28.0 Å². The minimum Gasteiger partial charge on any atom is -0.506 e. The van der Waals surface area contributed by atoms with Crippen LogP contribution in [-0.2, 0) is 25.6 Å². The number of benzene rings is 3. The lowest BCUT2D eigenvalue weighted by Gasteiger charge is -2.34. The SMILES string of the molecule is CC(C)(C)CC(C)(C)c1cc(B2OC(C)(C)C(C)(C)O2)c(O)c(-n2c3ccc(C(C)(C)C)cc3c3cc(C(C)(C)C)ccc32)c1. The second-order valence-electron chi connectivity index (χ2n) is 18.4. The van der Waals surface area contributed by atoms with Crippen LogP contribution < -0.4 is 5.46 Å². The topological polar surface area (TPSA) is 43.6 Å². The van der Waals surface area contributed by atoms with Crippen molar-refractivity contribution in [1.29, 1.82) is 0 Å². The van der Waals surface area contributed by atoms with E-state index in [4.69, 9.17) is 9.31 Å². The molecule has 1 fully saturated rings. The summed E-state index contributed by atoms with van der Waals surface area (Å²) >= 11 is 0. The fourth-order valence-electron chi connectivity index (χ4n) is 7.00. The molecule has 0 atom stereocenters. The van der Waals surface area contributed by atoms with Gasteiger partial charge >= 0.3 is 7.12 Å². The zero-order valence-corrected chi connectivity index (χ0v) is 30.6. The van der Waals surface area contributed by atoms with Gasteiger partial charge in [0.1, 0.15) is 5.75 Å². The summed E-state index contributed by atoms with van der Waals surface area (Å²) in [5, 5.41) is 14.7. The first kappa shape index (κ1) is 33.6. The number of rotatable bonds is 4. The van der Waals surface area contributed by atoms with E-state index in [-0.39, 0.29) is 27.4 Å². The molecular formula is C40H56BNO3. The van der Waals surface area contributed by atoms with Crippen molar-refractivity contribution in [3.63, 3.8) is 0 Å². The molecule has 1 saturated heterocycles. The van der Waals surface area contributed by atoms with Gasteiger partial charge in [0.25, 0.3) is 0 Å². The first-order valence-electron chi connectivity index (χ1n) is 16.7. The minimum absolute atomic E-state index is 0.00716. The highest BCUT2D eigenvalue weighted by Gasteiger charge is 2.53. The van der Waals surface area contributed by atoms with E-state index in [0.29, 0.717) is 5.46 Å². The Kier molecular flexibility index (Phi) is 7.75. The molecule has 3 aromatic carbocycles. The van der Waals surface area contributed by atoms with Gasteiger partial charge < -0.3 is 19.0 Å². The molecule has 5 rings (SSSR count). The molecule has 0 radical (unpaired) electrons. The molecule has 4 nitrogen and oxygen atoms in total. The van der Waals surface area contributed by atoms with Crippen LogP contribution in [0.4, 0.5) is 0 Å². The molecule has 1 aliphatic rings. The van der Waals surface area contributed by atoms with E-state index in [1.54, 1.807) is 0 Å². The Bertz CT molecular complexity index is 1680. The number of phenolic OH excluding ortho intramolecular Hbond substituents is 1. The van der Waals surface area contributed by atoms with E-state index in [9.17, 15) is 5.11 Å². The predicted molar refractivity (Wildman–Crippen MR) is 193 cm³/mol. The summed E-state index contributed by atoms with van der Waals surface area (Å²) in [6, 6.07) is 17.9. The summed E-state index contributed by atoms with van der Waals surface area (Å²) in [5.41, 5.74) is 6.22. The van der Waals surface area contributed by atoms with E-state index >= 15 is 0 Å². The number of aromatic hydroxyl groups is 1. The highest BCUT2D eigenvalue weighted by atomic mass is 16.7. The fraction of sp³-hybridized carbons (Fsp3) is 0.550. The standard InChI is InChI=1S/C40H56BNO3/c1-35(2,3)24-38(10,11)27-22-30(41-44-39(12,13)40(14,15)45-41)34(43)33(23-27)42-31-18-16-25(36(4,5)6)20-28(31)29-21-26(37(7,8)9)17-19-32(29)42/h16-23,43H,24H2,1-15H3. The predicted octanol–water partition coefficient (Wildman–Crippen LogP) is 10.1. The smallest absolute Gasteiger partial charge is 0.498 e. The summed E-state index contributed by atoms with van der Waals surface area (Å²) < 4.78 is 15.4. The van der Waals surface area contributed by atoms with Crippen LogP contribution in [0.15, 0.2) is 48.5 Å². The van der Waals surface area contributed by atoms with Crippen molar-refractivity contribution in [2.75, 3.05) is 0 Å². The number of nitrogens with zero attached hydrogens (tertiary/aromatic N) is 1. The summed E-state index contributed by atoms with van der Waals surface area (Å²) in [6.45, 7) is 33.3. The molecule has 242 valence electrons. The van der Waals surface area contributed by atoms with Gasteiger partial charge in [0, 0.05) is 16.2 Å². The zero-order chi connectivity index (χ0) is 33.7. The van der Waals surface area contributed by atoms with Crippen molar-refractivity contribution >= 4 is 34.4 Å². The Morgan fingerprint density at radius 3 is 1.49 bits per heavy atom. The molecule has 0 bridgehead atoms. The van der Waals surface area contributed by atoms with Crippen LogP contribution in [0.3, 0.4) is 0 Å². The molecular weight excluding hydrogens is 553 g/mol. The van der Waals surface area contributed by atoms with E-state index in [2.05, 4.69) is 157 Å². The third kappa shape index (κ3) is 6.08. The third-order valence-corrected chi connectivity index (χ3v) is 10.1. The number of phenols is 1. The number of aromatic nitrogens is 1. The molecule has 45 heavy (non-hydrogen) atoms. The van der Waals surface area contributed by atoms with Gasteiger partial charge in [0.05, 0.1) is 27.9 Å². The van der Waals surface area contributed by atoms with E-state index in [0.717, 1.165) is 28.7 Å². The lowest BCUT2D eigenvalue weighted by Crippen LogP contribution is -2.41. The monoisotopic (exact) mass is 609 g/mol. The van der Waals surface area contributed by atoms with Gasteiger partial charge in [-0.15, -0.1) is 0 Å². The molecule has 5 heteroatoms. The van der Waals surface area contributed by atoms with Crippen molar-refractivity contribution < 1.29 is 14.4 Å². The highest BCUT2D eigenvalue weighted by Crippen LogP contribution is 2.44. The largest absolute Gasteiger partial charge is 0.506 e. The lowest BCUT2D eigenvalue weighted by atomic mass is 9.69. The van der Waals surface area contributed by atoms with Gasteiger partial charge in [0.2, 0.25) is 0 Å². The van der Waals surface area contributed by atoms with E-state index < -0.39 is 18.3 Å². The average molecular weight is 610 g/mol. The fourth-order valence-corrected chi connectivity index (χ4v) is 7.00. The molecule has 0 amide bonds. The highest BCUT2D eigenvalue weighted by molar-refractivity contribution is 6.63. The molecule has 1 N–H and O–H groups in total. The molecule has 0 spiro atoms. The van der Waals surface area contributed by atoms with Crippen LogP contribution in [0.25, 0.3) is 27.5 Å². The second kappa shape index (κ2) is 10.4. The molecule has 0 aliphatic carbocycles. The van der Waals surface area contributed by atoms with Crippen LogP contribution in [0.5, 0.6) is 5.75 Å². The van der Waals surface area contributed by atoms with Gasteiger partial charge in [-0.1, -0.05) is 94.4 Å². The summed E-state index contributed by atoms with van der Waals surface area (Å²) in [5.74, 6) is 0.197. The summed E-state index contributed by atoms with van der Waals surface area (Å²) in [6.07, 6.45) is 0.976. The zero-order valence-electron chi connectivity index (χ0n) is 30.6. The quantitative estimate of drug-likeness (QED) is 0.234. The Hall–Kier alpha value is -2.76. The third-order valence-electron chi connectivity index (χ3n) is 10.1. The van der Waals surface area contributed by atoms with Crippen molar-refractivity contribution in [3.05, 3.63) is 65.2 Å². The molecule has 2 heterocycles. The van der Waals surface area contributed by atoms with Crippen molar-refractivity contribution in [3.8, 4) is 11.4 Å². The summed E-state index contributed by atoms with van der Waals surface area (Å²) in [4.78, 5) is 0. The molecule has 0 saturated carbocycles. The van der Waals surface area contributed by atoms with Gasteiger partial charge in [-0.3, -0.25) is 0 Å². The van der Waals surface area contributed by atoms with E-state index in [1.165, 1.54) is 21.9 Å². The lowest BCUT2D eigenvalue weighted by molar-refractivity contribution is 0.00578. The first-order valence-corrected chi connectivity index (χ1v) is 16.7. The average Bonchev–Trinajstić information content (AvgIpc) is 3.29. The van der Waals surface area contributed by atoms with Crippen LogP contribution in [0, 0.1) is 5.41 Å². The van der Waals surface area contributed by atoms with Gasteiger partial charge in [-0.2, -0.15) is 0 Å². The van der Waals surface area contributed by atoms with Crippen LogP contribution in [0.2, 0.25) is 0 Å². The van der Waals surface area contributed by atoms with Crippen LogP contribution in [0.1, 0.15) is 127 Å². The first-order chi connectivity index (χ1) is 20.3. The van der Waals surface area contributed by atoms with E-state index in [1.807, 2.05) is 0 Å². The Morgan fingerprint density at radius 2 is 1.09 bits per heavy atom. The second-order valence-corrected chi connectivity index (χ2v) is 18.4. The summed E-state index contributed by atoms with van der Waals surface area (Å²) in [7, 11) is -0.688. The maximum atomic E-state index is 12.3. The van der Waals surface area contributed by atoms with Crippen molar-refractivity contribution in [2.24, 2.45) is 5.41 Å². The maximum absolute atomic E-state index is 12.3. The van der Waals surface area contributed by atoms with Gasteiger partial charge in [-0.25, -0.2) is 0 Å². The number of fused-ring (bicyclic) bond motifs is 3.